The summed E-state index contributed by atoms with van der Waals surface area (Å²) in [6, 6.07) is 21.8. The summed E-state index contributed by atoms with van der Waals surface area (Å²) in [4.78, 5) is 57.4. The molecule has 9 heteroatoms. The molecule has 6 atom stereocenters. The monoisotopic (exact) mass is 591 g/mol. The number of allylic oxidation sites excluding steroid dienone is 2. The summed E-state index contributed by atoms with van der Waals surface area (Å²) in [6.07, 6.45) is 2.60. The Morgan fingerprint density at radius 3 is 2.34 bits per heavy atom. The van der Waals surface area contributed by atoms with E-state index in [0.717, 1.165) is 16.1 Å². The van der Waals surface area contributed by atoms with Gasteiger partial charge in [-0.2, -0.15) is 5.01 Å². The third kappa shape index (κ3) is 3.77. The van der Waals surface area contributed by atoms with Crippen LogP contribution in [0, 0.1) is 30.6 Å². The molecule has 4 amide bonds. The number of hydrazine groups is 1. The SMILES string of the molecule is COc1cc(C2C3=CCC4C(=O)N(C)C(=O)C4C3CC3C(=O)N(Nc4ccc(C)cc4)C(=O)C32c2ccccc2)ccc1O. The van der Waals surface area contributed by atoms with Gasteiger partial charge in [0.15, 0.2) is 11.5 Å². The van der Waals surface area contributed by atoms with Crippen LogP contribution in [0.5, 0.6) is 11.5 Å². The van der Waals surface area contributed by atoms with Crippen molar-refractivity contribution in [2.24, 2.45) is 23.7 Å². The molecule has 6 unspecified atom stereocenters. The number of phenolic OH excluding ortho intramolecular Hbond substituents is 1. The Hall–Kier alpha value is -4.92. The molecule has 0 radical (unpaired) electrons. The highest BCUT2D eigenvalue weighted by molar-refractivity contribution is 6.13. The Balaban J connectivity index is 1.47. The van der Waals surface area contributed by atoms with E-state index in [1.807, 2.05) is 67.6 Å². The lowest BCUT2D eigenvalue weighted by atomic mass is 9.49. The van der Waals surface area contributed by atoms with Crippen LogP contribution in [0.3, 0.4) is 0 Å². The second-order valence-corrected chi connectivity index (χ2v) is 12.3. The highest BCUT2D eigenvalue weighted by atomic mass is 16.5. The van der Waals surface area contributed by atoms with Gasteiger partial charge in [0.05, 0.1) is 36.0 Å². The standard InChI is InChI=1S/C35H33N3O6/c1-19-9-12-22(13-10-19)36-38-32(41)26-18-25-23(14-15-24-29(25)33(42)37(2)31(24)40)30(20-11-16-27(39)28(17-20)44-3)35(26,34(38)43)21-7-5-4-6-8-21/h4-14,16-17,24-26,29-30,36,39H,15,18H2,1-3H3. The first-order valence-corrected chi connectivity index (χ1v) is 14.8. The number of methoxy groups -OCH3 is 1. The number of hydrogen-bond acceptors (Lipinski definition) is 7. The lowest BCUT2D eigenvalue weighted by Gasteiger charge is -2.50. The van der Waals surface area contributed by atoms with Gasteiger partial charge in [-0.15, -0.1) is 0 Å². The number of benzene rings is 3. The number of rotatable bonds is 5. The molecule has 224 valence electrons. The number of fused-ring (bicyclic) bond motifs is 4. The molecule has 2 aliphatic carbocycles. The van der Waals surface area contributed by atoms with E-state index in [-0.39, 0.29) is 35.6 Å². The number of hydrogen-bond donors (Lipinski definition) is 2. The lowest BCUT2D eigenvalue weighted by molar-refractivity contribution is -0.140. The molecular formula is C35H33N3O6. The van der Waals surface area contributed by atoms with Gasteiger partial charge in [-0.05, 0) is 61.1 Å². The zero-order chi connectivity index (χ0) is 30.9. The fourth-order valence-corrected chi connectivity index (χ4v) is 8.15. The number of phenols is 1. The van der Waals surface area contributed by atoms with Gasteiger partial charge in [-0.3, -0.25) is 29.5 Å². The number of nitrogens with zero attached hydrogens (tertiary/aromatic N) is 2. The summed E-state index contributed by atoms with van der Waals surface area (Å²) in [5.74, 6) is -4.15. The smallest absolute Gasteiger partial charge is 0.260 e. The third-order valence-electron chi connectivity index (χ3n) is 10.2. The van der Waals surface area contributed by atoms with Crippen molar-refractivity contribution in [1.82, 2.24) is 9.91 Å². The molecule has 3 aromatic rings. The van der Waals surface area contributed by atoms with Crippen LogP contribution in [0.1, 0.15) is 35.4 Å². The summed E-state index contributed by atoms with van der Waals surface area (Å²) in [7, 11) is 2.97. The van der Waals surface area contributed by atoms with Crippen LogP contribution in [0.2, 0.25) is 0 Å². The van der Waals surface area contributed by atoms with E-state index in [2.05, 4.69) is 5.43 Å². The first-order valence-electron chi connectivity index (χ1n) is 14.8. The molecule has 7 rings (SSSR count). The van der Waals surface area contributed by atoms with Crippen LogP contribution < -0.4 is 10.2 Å². The number of carbonyl (C=O) groups excluding carboxylic acids is 4. The number of anilines is 1. The molecule has 3 aromatic carbocycles. The zero-order valence-corrected chi connectivity index (χ0v) is 24.7. The Morgan fingerprint density at radius 2 is 1.64 bits per heavy atom. The maximum absolute atomic E-state index is 15.0. The molecule has 4 aliphatic rings. The van der Waals surface area contributed by atoms with E-state index >= 15 is 4.79 Å². The van der Waals surface area contributed by atoms with E-state index in [9.17, 15) is 19.5 Å². The van der Waals surface area contributed by atoms with Gasteiger partial charge in [0, 0.05) is 13.0 Å². The van der Waals surface area contributed by atoms with Crippen molar-refractivity contribution in [2.75, 3.05) is 19.6 Å². The number of amides is 4. The lowest BCUT2D eigenvalue weighted by Crippen LogP contribution is -2.53. The molecule has 3 fully saturated rings. The van der Waals surface area contributed by atoms with Crippen LogP contribution in [0.4, 0.5) is 5.69 Å². The number of likely N-dealkylation sites (tertiary alicyclic amines) is 1. The van der Waals surface area contributed by atoms with Crippen LogP contribution >= 0.6 is 0 Å². The van der Waals surface area contributed by atoms with Gasteiger partial charge in [0.2, 0.25) is 11.8 Å². The van der Waals surface area contributed by atoms with E-state index in [1.54, 1.807) is 12.1 Å². The summed E-state index contributed by atoms with van der Waals surface area (Å²) in [5, 5.41) is 11.6. The van der Waals surface area contributed by atoms with Gasteiger partial charge in [0.25, 0.3) is 11.8 Å². The highest BCUT2D eigenvalue weighted by Crippen LogP contribution is 2.64. The molecule has 2 heterocycles. The van der Waals surface area contributed by atoms with Crippen molar-refractivity contribution < 1.29 is 29.0 Å². The quantitative estimate of drug-likeness (QED) is 0.335. The molecular weight excluding hydrogens is 558 g/mol. The zero-order valence-electron chi connectivity index (χ0n) is 24.7. The summed E-state index contributed by atoms with van der Waals surface area (Å²) >= 11 is 0. The normalized spacial score (nSPS) is 29.2. The summed E-state index contributed by atoms with van der Waals surface area (Å²) in [5.41, 5.74) is 5.57. The van der Waals surface area contributed by atoms with Crippen LogP contribution in [-0.2, 0) is 24.6 Å². The van der Waals surface area contributed by atoms with Crippen molar-refractivity contribution in [3.8, 4) is 11.5 Å². The minimum atomic E-state index is -1.37. The maximum atomic E-state index is 15.0. The molecule has 2 saturated heterocycles. The predicted octanol–water partition coefficient (Wildman–Crippen LogP) is 4.32. The minimum Gasteiger partial charge on any atom is -0.504 e. The van der Waals surface area contributed by atoms with Crippen molar-refractivity contribution in [3.63, 3.8) is 0 Å². The minimum absolute atomic E-state index is 0.0544. The first kappa shape index (κ1) is 27.9. The van der Waals surface area contributed by atoms with Gasteiger partial charge in [-0.25, -0.2) is 0 Å². The van der Waals surface area contributed by atoms with Gasteiger partial charge < -0.3 is 9.84 Å². The Bertz CT molecular complexity index is 1730. The van der Waals surface area contributed by atoms with Crippen molar-refractivity contribution in [1.29, 1.82) is 0 Å². The number of carbonyl (C=O) groups is 4. The average Bonchev–Trinajstić information content (AvgIpc) is 3.39. The summed E-state index contributed by atoms with van der Waals surface area (Å²) < 4.78 is 5.49. The first-order chi connectivity index (χ1) is 21.2. The number of aryl methyl sites for hydroxylation is 1. The topological polar surface area (TPSA) is 116 Å². The van der Waals surface area contributed by atoms with Crippen LogP contribution in [0.25, 0.3) is 0 Å². The fraction of sp³-hybridized carbons (Fsp3) is 0.314. The van der Waals surface area contributed by atoms with E-state index in [1.165, 1.54) is 25.1 Å². The van der Waals surface area contributed by atoms with Crippen LogP contribution in [-0.4, -0.2) is 52.8 Å². The number of imide groups is 2. The van der Waals surface area contributed by atoms with Gasteiger partial charge >= 0.3 is 0 Å². The molecule has 44 heavy (non-hydrogen) atoms. The molecule has 0 spiro atoms. The Morgan fingerprint density at radius 1 is 0.909 bits per heavy atom. The average molecular weight is 592 g/mol. The number of nitrogens with one attached hydrogen (secondary N) is 1. The Kier molecular flexibility index (Phi) is 6.39. The third-order valence-corrected chi connectivity index (χ3v) is 10.2. The van der Waals surface area contributed by atoms with E-state index < -0.39 is 40.9 Å². The van der Waals surface area contributed by atoms with Gasteiger partial charge in [0.1, 0.15) is 0 Å². The molecule has 0 aromatic heterocycles. The Labute approximate surface area is 255 Å². The number of aromatic hydroxyl groups is 1. The molecule has 2 N–H and O–H groups in total. The number of ether oxygens (including phenoxy) is 1. The van der Waals surface area contributed by atoms with E-state index in [4.69, 9.17) is 4.74 Å². The fourth-order valence-electron chi connectivity index (χ4n) is 8.15. The molecule has 2 aliphatic heterocycles. The van der Waals surface area contributed by atoms with E-state index in [0.29, 0.717) is 23.2 Å². The van der Waals surface area contributed by atoms with Crippen molar-refractivity contribution >= 4 is 29.3 Å². The molecule has 0 bridgehead atoms. The predicted molar refractivity (Wildman–Crippen MR) is 161 cm³/mol. The molecule has 1 saturated carbocycles. The second kappa shape index (κ2) is 10.1. The highest BCUT2D eigenvalue weighted by Gasteiger charge is 2.70. The maximum Gasteiger partial charge on any atom is 0.260 e. The van der Waals surface area contributed by atoms with Crippen molar-refractivity contribution in [2.45, 2.75) is 31.1 Å². The largest absolute Gasteiger partial charge is 0.504 e. The second-order valence-electron chi connectivity index (χ2n) is 12.3. The van der Waals surface area contributed by atoms with Gasteiger partial charge in [-0.1, -0.05) is 65.7 Å². The molecule has 9 nitrogen and oxygen atoms in total. The van der Waals surface area contributed by atoms with Crippen molar-refractivity contribution in [3.05, 3.63) is 101 Å². The summed E-state index contributed by atoms with van der Waals surface area (Å²) in [6.45, 7) is 1.96. The van der Waals surface area contributed by atoms with Crippen LogP contribution in [0.15, 0.2) is 84.4 Å².